The first-order chi connectivity index (χ1) is 15.4. The summed E-state index contributed by atoms with van der Waals surface area (Å²) in [6.07, 6.45) is 3.59. The predicted octanol–water partition coefficient (Wildman–Crippen LogP) is 1.50. The first kappa shape index (κ1) is 21.9. The van der Waals surface area contributed by atoms with Crippen LogP contribution in [0.3, 0.4) is 0 Å². The molecule has 1 amide bonds. The van der Waals surface area contributed by atoms with Crippen LogP contribution >= 0.6 is 0 Å². The fourth-order valence-corrected chi connectivity index (χ4v) is 4.77. The van der Waals surface area contributed by atoms with E-state index in [-0.39, 0.29) is 17.7 Å². The van der Waals surface area contributed by atoms with E-state index in [4.69, 9.17) is 10.5 Å². The highest BCUT2D eigenvalue weighted by Crippen LogP contribution is 2.31. The van der Waals surface area contributed by atoms with Gasteiger partial charge < -0.3 is 20.7 Å². The normalized spacial score (nSPS) is 19.3. The molecule has 0 spiro atoms. The van der Waals surface area contributed by atoms with Gasteiger partial charge in [0.25, 0.3) is 5.91 Å². The van der Waals surface area contributed by atoms with E-state index in [1.807, 2.05) is 13.0 Å². The number of fused-ring (bicyclic) bond motifs is 1. The number of nitrogens with one attached hydrogen (secondary N) is 2. The van der Waals surface area contributed by atoms with E-state index >= 15 is 0 Å². The SMILES string of the molecule is CCNC(=O)c1ccc(N2CCC[C@H](COc3cccc4c3C(N)=NS(=O)(=O)N4)C2)nc1. The maximum absolute atomic E-state index is 11.9. The minimum Gasteiger partial charge on any atom is -0.492 e. The van der Waals surface area contributed by atoms with Gasteiger partial charge in [0, 0.05) is 31.7 Å². The molecule has 0 unspecified atom stereocenters. The topological polar surface area (TPSA) is 139 Å². The Bertz CT molecular complexity index is 1130. The smallest absolute Gasteiger partial charge is 0.344 e. The number of amides is 1. The summed E-state index contributed by atoms with van der Waals surface area (Å²) in [5.41, 5.74) is 7.24. The molecule has 2 aliphatic heterocycles. The van der Waals surface area contributed by atoms with E-state index in [0.717, 1.165) is 31.7 Å². The summed E-state index contributed by atoms with van der Waals surface area (Å²) in [5.74, 6) is 1.35. The van der Waals surface area contributed by atoms with Gasteiger partial charge in [0.05, 0.1) is 23.4 Å². The van der Waals surface area contributed by atoms with Crippen molar-refractivity contribution in [1.82, 2.24) is 10.3 Å². The Kier molecular flexibility index (Phi) is 6.17. The van der Waals surface area contributed by atoms with Crippen LogP contribution in [0.25, 0.3) is 0 Å². The monoisotopic (exact) mass is 458 g/mol. The fraction of sp³-hybridized carbons (Fsp3) is 0.381. The molecule has 3 heterocycles. The van der Waals surface area contributed by atoms with Crippen LogP contribution in [0, 0.1) is 5.92 Å². The van der Waals surface area contributed by atoms with Gasteiger partial charge in [-0.2, -0.15) is 8.42 Å². The Morgan fingerprint density at radius 2 is 2.19 bits per heavy atom. The highest BCUT2D eigenvalue weighted by atomic mass is 32.2. The average Bonchev–Trinajstić information content (AvgIpc) is 2.77. The van der Waals surface area contributed by atoms with Crippen molar-refractivity contribution in [2.45, 2.75) is 19.8 Å². The van der Waals surface area contributed by atoms with Crippen molar-refractivity contribution >= 4 is 33.5 Å². The molecular formula is C21H26N6O4S. The first-order valence-corrected chi connectivity index (χ1v) is 11.9. The fourth-order valence-electron chi connectivity index (χ4n) is 3.92. The summed E-state index contributed by atoms with van der Waals surface area (Å²) < 4.78 is 35.4. The molecule has 4 N–H and O–H groups in total. The van der Waals surface area contributed by atoms with Crippen molar-refractivity contribution in [2.75, 3.05) is 35.9 Å². The van der Waals surface area contributed by atoms with E-state index in [1.54, 1.807) is 30.5 Å². The number of aromatic nitrogens is 1. The van der Waals surface area contributed by atoms with E-state index in [0.29, 0.717) is 35.7 Å². The van der Waals surface area contributed by atoms with Crippen molar-refractivity contribution < 1.29 is 17.9 Å². The Labute approximate surface area is 187 Å². The van der Waals surface area contributed by atoms with Gasteiger partial charge in [-0.1, -0.05) is 6.07 Å². The number of carbonyl (C=O) groups is 1. The molecule has 4 rings (SSSR count). The van der Waals surface area contributed by atoms with Crippen LogP contribution in [0.1, 0.15) is 35.7 Å². The van der Waals surface area contributed by atoms with E-state index in [1.165, 1.54) is 0 Å². The van der Waals surface area contributed by atoms with Gasteiger partial charge in [0.15, 0.2) is 5.84 Å². The quantitative estimate of drug-likeness (QED) is 0.596. The lowest BCUT2D eigenvalue weighted by atomic mass is 9.99. The molecule has 10 nitrogen and oxygen atoms in total. The van der Waals surface area contributed by atoms with Gasteiger partial charge in [-0.25, -0.2) is 4.98 Å². The van der Waals surface area contributed by atoms with Crippen molar-refractivity contribution in [3.05, 3.63) is 47.7 Å². The van der Waals surface area contributed by atoms with Crippen molar-refractivity contribution in [3.8, 4) is 5.75 Å². The molecule has 2 aliphatic rings. The number of nitrogens with two attached hydrogens (primary N) is 1. The van der Waals surface area contributed by atoms with Crippen LogP contribution in [-0.2, 0) is 10.2 Å². The zero-order valence-electron chi connectivity index (χ0n) is 17.7. The number of rotatable bonds is 6. The number of hydrogen-bond donors (Lipinski definition) is 3. The van der Waals surface area contributed by atoms with Crippen LogP contribution in [-0.4, -0.2) is 51.4 Å². The summed E-state index contributed by atoms with van der Waals surface area (Å²) in [6, 6.07) is 8.74. The zero-order valence-corrected chi connectivity index (χ0v) is 18.6. The molecular weight excluding hydrogens is 432 g/mol. The summed E-state index contributed by atoms with van der Waals surface area (Å²) in [7, 11) is -3.83. The Morgan fingerprint density at radius 1 is 1.34 bits per heavy atom. The van der Waals surface area contributed by atoms with Gasteiger partial charge in [-0.15, -0.1) is 4.40 Å². The maximum Gasteiger partial charge on any atom is 0.344 e. The summed E-state index contributed by atoms with van der Waals surface area (Å²) in [5, 5.41) is 2.77. The molecule has 0 radical (unpaired) electrons. The van der Waals surface area contributed by atoms with Gasteiger partial charge in [-0.05, 0) is 44.0 Å². The predicted molar refractivity (Wildman–Crippen MR) is 122 cm³/mol. The summed E-state index contributed by atoms with van der Waals surface area (Å²) in [4.78, 5) is 18.6. The molecule has 1 aromatic carbocycles. The van der Waals surface area contributed by atoms with Crippen molar-refractivity contribution in [2.24, 2.45) is 16.0 Å². The second-order valence-corrected chi connectivity index (χ2v) is 9.10. The molecule has 2 aromatic rings. The molecule has 32 heavy (non-hydrogen) atoms. The zero-order chi connectivity index (χ0) is 22.7. The third-order valence-corrected chi connectivity index (χ3v) is 6.32. The lowest BCUT2D eigenvalue weighted by Gasteiger charge is -2.33. The second kappa shape index (κ2) is 9.03. The van der Waals surface area contributed by atoms with Gasteiger partial charge in [-0.3, -0.25) is 9.52 Å². The Hall–Kier alpha value is -3.34. The standard InChI is InChI=1S/C21H26N6O4S/c1-2-23-21(28)15-8-9-18(24-11-15)27-10-4-5-14(12-27)13-31-17-7-3-6-16-19(17)20(22)26-32(29,30)25-16/h3,6-9,11,14,25H,2,4-5,10,12-13H2,1H3,(H2,22,26)(H,23,28)/t14-/m0/s1. The highest BCUT2D eigenvalue weighted by molar-refractivity contribution is 7.91. The third kappa shape index (κ3) is 4.77. The molecule has 0 aliphatic carbocycles. The number of anilines is 2. The molecule has 1 atom stereocenters. The minimum absolute atomic E-state index is 0.0870. The number of piperidine rings is 1. The van der Waals surface area contributed by atoms with Crippen molar-refractivity contribution in [1.29, 1.82) is 0 Å². The van der Waals surface area contributed by atoms with Gasteiger partial charge in [0.1, 0.15) is 11.6 Å². The second-order valence-electron chi connectivity index (χ2n) is 7.76. The molecule has 170 valence electrons. The van der Waals surface area contributed by atoms with Crippen LogP contribution < -0.4 is 25.4 Å². The molecule has 11 heteroatoms. The highest BCUT2D eigenvalue weighted by Gasteiger charge is 2.26. The first-order valence-electron chi connectivity index (χ1n) is 10.5. The van der Waals surface area contributed by atoms with E-state index in [9.17, 15) is 13.2 Å². The number of benzene rings is 1. The number of pyridine rings is 1. The molecule has 1 aromatic heterocycles. The maximum atomic E-state index is 11.9. The molecule has 0 bridgehead atoms. The van der Waals surface area contributed by atoms with Crippen molar-refractivity contribution in [3.63, 3.8) is 0 Å². The van der Waals surface area contributed by atoms with Gasteiger partial charge >= 0.3 is 10.2 Å². The lowest BCUT2D eigenvalue weighted by Crippen LogP contribution is -2.38. The van der Waals surface area contributed by atoms with Gasteiger partial charge in [0.2, 0.25) is 0 Å². The molecule has 0 saturated carbocycles. The number of amidine groups is 1. The van der Waals surface area contributed by atoms with Crippen LogP contribution in [0.5, 0.6) is 5.75 Å². The largest absolute Gasteiger partial charge is 0.492 e. The number of hydrogen-bond acceptors (Lipinski definition) is 7. The Balaban J connectivity index is 1.41. The molecule has 1 fully saturated rings. The van der Waals surface area contributed by atoms with E-state index < -0.39 is 10.2 Å². The lowest BCUT2D eigenvalue weighted by molar-refractivity contribution is 0.0955. The summed E-state index contributed by atoms with van der Waals surface area (Å²) in [6.45, 7) is 4.54. The van der Waals surface area contributed by atoms with Crippen LogP contribution in [0.4, 0.5) is 11.5 Å². The van der Waals surface area contributed by atoms with E-state index in [2.05, 4.69) is 24.3 Å². The average molecular weight is 459 g/mol. The molecule has 1 saturated heterocycles. The number of nitrogens with zero attached hydrogens (tertiary/aromatic N) is 3. The summed E-state index contributed by atoms with van der Waals surface area (Å²) >= 11 is 0. The van der Waals surface area contributed by atoms with Crippen LogP contribution in [0.15, 0.2) is 40.9 Å². The number of carbonyl (C=O) groups excluding carboxylic acids is 1. The third-order valence-electron chi connectivity index (χ3n) is 5.40. The number of ether oxygens (including phenoxy) is 1. The minimum atomic E-state index is -3.83. The Morgan fingerprint density at radius 3 is 2.94 bits per heavy atom. The van der Waals surface area contributed by atoms with Crippen LogP contribution in [0.2, 0.25) is 0 Å².